The van der Waals surface area contributed by atoms with Crippen molar-refractivity contribution in [3.63, 3.8) is 0 Å². The summed E-state index contributed by atoms with van der Waals surface area (Å²) in [6.45, 7) is 2.13. The first kappa shape index (κ1) is 18.6. The number of fused-ring (bicyclic) bond motifs is 2. The van der Waals surface area contributed by atoms with Crippen LogP contribution in [-0.2, 0) is 0 Å². The lowest BCUT2D eigenvalue weighted by Crippen LogP contribution is -2.37. The average molecular weight is 413 g/mol. The Morgan fingerprint density at radius 3 is 2.69 bits per heavy atom. The zero-order valence-electron chi connectivity index (χ0n) is 16.1. The van der Waals surface area contributed by atoms with Crippen molar-refractivity contribution in [3.05, 3.63) is 59.3 Å². The molecule has 0 spiro atoms. The van der Waals surface area contributed by atoms with E-state index in [1.807, 2.05) is 0 Å². The molecule has 1 amide bonds. The average Bonchev–Trinajstić information content (AvgIpc) is 3.06. The maximum Gasteiger partial charge on any atom is 0.251 e. The van der Waals surface area contributed by atoms with Crippen molar-refractivity contribution in [1.29, 1.82) is 0 Å². The summed E-state index contributed by atoms with van der Waals surface area (Å²) in [7, 11) is 0. The topological polar surface area (TPSA) is 59.8 Å². The monoisotopic (exact) mass is 412 g/mol. The summed E-state index contributed by atoms with van der Waals surface area (Å²) in [5, 5.41) is 3.85. The van der Waals surface area contributed by atoms with Gasteiger partial charge in [0.1, 0.15) is 11.3 Å². The Labute approximate surface area is 173 Å². The van der Waals surface area contributed by atoms with E-state index in [-0.39, 0.29) is 17.8 Å². The van der Waals surface area contributed by atoms with Gasteiger partial charge < -0.3 is 9.88 Å². The molecule has 3 unspecified atom stereocenters. The van der Waals surface area contributed by atoms with Crippen molar-refractivity contribution < 1.29 is 9.18 Å². The standard InChI is InChI=1S/C22H22ClFN4O/c1-2-18(27-22(29)12-3-5-13(23)6-4-12)20-16-8-15(9-17(16)20)28-11-26-19-7-14(24)10-25-21(19)28/h3-7,10-11,15-18,20H,2,8-9H2,1H3,(H,27,29)/t15?,16-,17+,18?,20?. The smallest absolute Gasteiger partial charge is 0.251 e. The van der Waals surface area contributed by atoms with E-state index < -0.39 is 0 Å². The van der Waals surface area contributed by atoms with Crippen LogP contribution in [0.4, 0.5) is 4.39 Å². The van der Waals surface area contributed by atoms with Crippen LogP contribution >= 0.6 is 11.6 Å². The molecule has 150 valence electrons. The summed E-state index contributed by atoms with van der Waals surface area (Å²) in [6, 6.07) is 8.94. The van der Waals surface area contributed by atoms with Crippen LogP contribution in [0.2, 0.25) is 5.02 Å². The Morgan fingerprint density at radius 1 is 1.28 bits per heavy atom. The van der Waals surface area contributed by atoms with Crippen molar-refractivity contribution in [1.82, 2.24) is 19.9 Å². The van der Waals surface area contributed by atoms with E-state index in [2.05, 4.69) is 26.8 Å². The van der Waals surface area contributed by atoms with E-state index in [0.717, 1.165) is 24.9 Å². The maximum atomic E-state index is 13.4. The number of carbonyl (C=O) groups excluding carboxylic acids is 1. The predicted molar refractivity (Wildman–Crippen MR) is 109 cm³/mol. The van der Waals surface area contributed by atoms with Crippen molar-refractivity contribution in [3.8, 4) is 0 Å². The highest BCUT2D eigenvalue weighted by Crippen LogP contribution is 2.62. The SMILES string of the molecule is CCC(NC(=O)c1ccc(Cl)cc1)C1[C@H]2CC(n3cnc4cc(F)cnc43)C[C@@H]12. The second kappa shape index (κ2) is 7.10. The van der Waals surface area contributed by atoms with Gasteiger partial charge in [-0.05, 0) is 61.3 Å². The third-order valence-electron chi connectivity index (χ3n) is 6.59. The van der Waals surface area contributed by atoms with E-state index in [0.29, 0.717) is 39.9 Å². The fourth-order valence-corrected chi connectivity index (χ4v) is 5.30. The van der Waals surface area contributed by atoms with Crippen LogP contribution in [0.25, 0.3) is 11.2 Å². The summed E-state index contributed by atoms with van der Waals surface area (Å²) in [4.78, 5) is 21.1. The predicted octanol–water partition coefficient (Wildman–Crippen LogP) is 4.63. The highest BCUT2D eigenvalue weighted by Gasteiger charge is 2.59. The van der Waals surface area contributed by atoms with Gasteiger partial charge in [0.05, 0.1) is 12.5 Å². The largest absolute Gasteiger partial charge is 0.349 e. The van der Waals surface area contributed by atoms with Gasteiger partial charge in [-0.25, -0.2) is 14.4 Å². The molecule has 1 aromatic carbocycles. The second-order valence-corrected chi connectivity index (χ2v) is 8.61. The number of rotatable bonds is 5. The Kier molecular flexibility index (Phi) is 4.54. The minimum absolute atomic E-state index is 0.0399. The number of aromatic nitrogens is 3. The van der Waals surface area contributed by atoms with Gasteiger partial charge in [0.2, 0.25) is 0 Å². The molecule has 29 heavy (non-hydrogen) atoms. The Balaban J connectivity index is 1.25. The van der Waals surface area contributed by atoms with Crippen LogP contribution < -0.4 is 5.32 Å². The van der Waals surface area contributed by atoms with Crippen molar-refractivity contribution in [2.75, 3.05) is 0 Å². The van der Waals surface area contributed by atoms with Crippen LogP contribution in [0.15, 0.2) is 42.9 Å². The van der Waals surface area contributed by atoms with Gasteiger partial charge in [-0.2, -0.15) is 0 Å². The molecule has 2 aromatic heterocycles. The molecule has 2 aliphatic rings. The van der Waals surface area contributed by atoms with Crippen molar-refractivity contribution in [2.45, 2.75) is 38.3 Å². The molecule has 0 bridgehead atoms. The zero-order chi connectivity index (χ0) is 20.1. The first-order valence-corrected chi connectivity index (χ1v) is 10.5. The molecule has 1 N–H and O–H groups in total. The quantitative estimate of drug-likeness (QED) is 0.664. The minimum Gasteiger partial charge on any atom is -0.349 e. The first-order valence-electron chi connectivity index (χ1n) is 10.1. The van der Waals surface area contributed by atoms with Crippen LogP contribution in [0, 0.1) is 23.6 Å². The summed E-state index contributed by atoms with van der Waals surface area (Å²) in [6.07, 6.45) is 6.04. The number of nitrogens with zero attached hydrogens (tertiary/aromatic N) is 3. The number of halogens is 2. The molecule has 2 aliphatic carbocycles. The molecule has 7 heteroatoms. The molecular weight excluding hydrogens is 391 g/mol. The molecule has 0 saturated heterocycles. The summed E-state index contributed by atoms with van der Waals surface area (Å²) in [5.74, 6) is 1.33. The lowest BCUT2D eigenvalue weighted by Gasteiger charge is -2.22. The molecule has 5 atom stereocenters. The lowest BCUT2D eigenvalue weighted by atomic mass is 9.99. The molecule has 2 fully saturated rings. The number of hydrogen-bond acceptors (Lipinski definition) is 3. The van der Waals surface area contributed by atoms with Crippen LogP contribution in [0.3, 0.4) is 0 Å². The van der Waals surface area contributed by atoms with Crippen LogP contribution in [0.5, 0.6) is 0 Å². The van der Waals surface area contributed by atoms with Crippen LogP contribution in [-0.4, -0.2) is 26.5 Å². The number of carbonyl (C=O) groups is 1. The third-order valence-corrected chi connectivity index (χ3v) is 6.84. The van der Waals surface area contributed by atoms with Gasteiger partial charge in [-0.15, -0.1) is 0 Å². The molecule has 3 aromatic rings. The Morgan fingerprint density at radius 2 is 2.00 bits per heavy atom. The maximum absolute atomic E-state index is 13.4. The number of imidazole rings is 1. The van der Waals surface area contributed by atoms with Crippen LogP contribution in [0.1, 0.15) is 42.6 Å². The van der Waals surface area contributed by atoms with E-state index in [1.165, 1.54) is 12.3 Å². The molecule has 5 rings (SSSR count). The molecule has 0 aliphatic heterocycles. The van der Waals surface area contributed by atoms with Gasteiger partial charge in [-0.1, -0.05) is 18.5 Å². The fraction of sp³-hybridized carbons (Fsp3) is 0.409. The summed E-state index contributed by atoms with van der Waals surface area (Å²) >= 11 is 5.91. The molecule has 0 radical (unpaired) electrons. The highest BCUT2D eigenvalue weighted by atomic mass is 35.5. The summed E-state index contributed by atoms with van der Waals surface area (Å²) < 4.78 is 15.5. The van der Waals surface area contributed by atoms with E-state index in [1.54, 1.807) is 30.6 Å². The second-order valence-electron chi connectivity index (χ2n) is 8.17. The van der Waals surface area contributed by atoms with Gasteiger partial charge in [0.15, 0.2) is 5.65 Å². The molecule has 2 saturated carbocycles. The first-order chi connectivity index (χ1) is 14.0. The molecule has 2 heterocycles. The Bertz CT molecular complexity index is 1050. The number of benzene rings is 1. The number of hydrogen-bond donors (Lipinski definition) is 1. The fourth-order valence-electron chi connectivity index (χ4n) is 5.17. The van der Waals surface area contributed by atoms with E-state index in [4.69, 9.17) is 11.6 Å². The van der Waals surface area contributed by atoms with Gasteiger partial charge >= 0.3 is 0 Å². The van der Waals surface area contributed by atoms with Crippen molar-refractivity contribution >= 4 is 28.7 Å². The van der Waals surface area contributed by atoms with Gasteiger partial charge in [0.25, 0.3) is 5.91 Å². The number of pyridine rings is 1. The third kappa shape index (κ3) is 3.29. The molecule has 5 nitrogen and oxygen atoms in total. The van der Waals surface area contributed by atoms with E-state index in [9.17, 15) is 9.18 Å². The normalized spacial score (nSPS) is 26.3. The lowest BCUT2D eigenvalue weighted by molar-refractivity contribution is 0.0927. The summed E-state index contributed by atoms with van der Waals surface area (Å²) in [5.41, 5.74) is 1.99. The van der Waals surface area contributed by atoms with E-state index >= 15 is 0 Å². The van der Waals surface area contributed by atoms with Gasteiger partial charge in [0, 0.05) is 28.7 Å². The highest BCUT2D eigenvalue weighted by molar-refractivity contribution is 6.30. The number of nitrogens with one attached hydrogen (secondary N) is 1. The minimum atomic E-state index is -0.362. The zero-order valence-corrected chi connectivity index (χ0v) is 16.8. The van der Waals surface area contributed by atoms with Crippen molar-refractivity contribution in [2.24, 2.45) is 17.8 Å². The Hall–Kier alpha value is -2.47. The number of amides is 1. The molecular formula is C22H22ClFN4O. The van der Waals surface area contributed by atoms with Gasteiger partial charge in [-0.3, -0.25) is 4.79 Å².